The lowest BCUT2D eigenvalue weighted by Gasteiger charge is -2.38. The lowest BCUT2D eigenvalue weighted by molar-refractivity contribution is 0.0152. The van der Waals surface area contributed by atoms with Gasteiger partial charge in [0.25, 0.3) is 0 Å². The van der Waals surface area contributed by atoms with E-state index in [2.05, 4.69) is 4.90 Å². The minimum absolute atomic E-state index is 0.0137. The smallest absolute Gasteiger partial charge is 0.127 e. The van der Waals surface area contributed by atoms with Crippen molar-refractivity contribution in [3.8, 4) is 0 Å². The fourth-order valence-corrected chi connectivity index (χ4v) is 1.86. The van der Waals surface area contributed by atoms with Crippen molar-refractivity contribution in [3.63, 3.8) is 0 Å². The molecule has 0 saturated carbocycles. The van der Waals surface area contributed by atoms with E-state index in [-0.39, 0.29) is 5.92 Å². The summed E-state index contributed by atoms with van der Waals surface area (Å²) in [4.78, 5) is 2.05. The maximum absolute atomic E-state index is 14.1. The van der Waals surface area contributed by atoms with Crippen LogP contribution in [0, 0.1) is 5.92 Å². The van der Waals surface area contributed by atoms with Crippen molar-refractivity contribution in [1.82, 2.24) is 4.90 Å². The van der Waals surface area contributed by atoms with Crippen molar-refractivity contribution in [2.24, 2.45) is 11.7 Å². The van der Waals surface area contributed by atoms with Crippen LogP contribution in [-0.2, 0) is 0 Å². The van der Waals surface area contributed by atoms with Crippen molar-refractivity contribution in [3.05, 3.63) is 0 Å². The summed E-state index contributed by atoms with van der Waals surface area (Å²) in [6, 6.07) is 0. The maximum atomic E-state index is 14.1. The van der Waals surface area contributed by atoms with Crippen molar-refractivity contribution in [2.45, 2.75) is 25.4 Å². The molecule has 12 heavy (non-hydrogen) atoms. The molecule has 1 aliphatic heterocycles. The molecule has 0 aromatic rings. The van der Waals surface area contributed by atoms with E-state index in [1.165, 1.54) is 0 Å². The van der Waals surface area contributed by atoms with Gasteiger partial charge in [-0.15, -0.1) is 0 Å². The average molecular weight is 174 g/mol. The highest BCUT2D eigenvalue weighted by molar-refractivity contribution is 4.91. The van der Waals surface area contributed by atoms with Crippen molar-refractivity contribution < 1.29 is 4.39 Å². The summed E-state index contributed by atoms with van der Waals surface area (Å²) in [7, 11) is 1.97. The third kappa shape index (κ3) is 1.96. The molecule has 0 bridgehead atoms. The SMILES string of the molecule is CC(CN)C1(F)CCCN(C)C1. The van der Waals surface area contributed by atoms with Gasteiger partial charge in [-0.2, -0.15) is 0 Å². The van der Waals surface area contributed by atoms with Crippen molar-refractivity contribution in [1.29, 1.82) is 0 Å². The highest BCUT2D eigenvalue weighted by Crippen LogP contribution is 2.31. The van der Waals surface area contributed by atoms with E-state index in [9.17, 15) is 4.39 Å². The first-order chi connectivity index (χ1) is 5.58. The average Bonchev–Trinajstić information content (AvgIpc) is 2.02. The maximum Gasteiger partial charge on any atom is 0.127 e. The molecule has 0 aromatic carbocycles. The number of piperidine rings is 1. The number of nitrogens with two attached hydrogens (primary N) is 1. The quantitative estimate of drug-likeness (QED) is 0.677. The second-order valence-corrected chi connectivity index (χ2v) is 4.01. The highest BCUT2D eigenvalue weighted by Gasteiger charge is 2.38. The summed E-state index contributed by atoms with van der Waals surface area (Å²) >= 11 is 0. The van der Waals surface area contributed by atoms with Crippen LogP contribution in [-0.4, -0.2) is 37.3 Å². The van der Waals surface area contributed by atoms with Gasteiger partial charge in [-0.25, -0.2) is 4.39 Å². The molecule has 2 unspecified atom stereocenters. The zero-order valence-electron chi connectivity index (χ0n) is 8.02. The van der Waals surface area contributed by atoms with Crippen molar-refractivity contribution >= 4 is 0 Å². The summed E-state index contributed by atoms with van der Waals surface area (Å²) in [6.45, 7) is 3.91. The minimum Gasteiger partial charge on any atom is -0.330 e. The summed E-state index contributed by atoms with van der Waals surface area (Å²) < 4.78 is 14.1. The lowest BCUT2D eigenvalue weighted by atomic mass is 9.84. The van der Waals surface area contributed by atoms with E-state index >= 15 is 0 Å². The van der Waals surface area contributed by atoms with Crippen LogP contribution in [0.3, 0.4) is 0 Å². The summed E-state index contributed by atoms with van der Waals surface area (Å²) in [5, 5.41) is 0. The predicted molar refractivity (Wildman–Crippen MR) is 48.8 cm³/mol. The number of hydrogen-bond acceptors (Lipinski definition) is 2. The standard InChI is InChI=1S/C9H19FN2/c1-8(6-11)9(10)4-3-5-12(2)7-9/h8H,3-7,11H2,1-2H3. The van der Waals surface area contributed by atoms with Crippen LogP contribution in [0.15, 0.2) is 0 Å². The second kappa shape index (κ2) is 3.71. The fourth-order valence-electron chi connectivity index (χ4n) is 1.86. The van der Waals surface area contributed by atoms with Gasteiger partial charge in [0.05, 0.1) is 0 Å². The van der Waals surface area contributed by atoms with Gasteiger partial charge in [-0.1, -0.05) is 6.92 Å². The van der Waals surface area contributed by atoms with Gasteiger partial charge in [0.1, 0.15) is 5.67 Å². The van der Waals surface area contributed by atoms with Crippen LogP contribution in [0.4, 0.5) is 4.39 Å². The van der Waals surface area contributed by atoms with Gasteiger partial charge in [-0.3, -0.25) is 0 Å². The molecule has 3 heteroatoms. The van der Waals surface area contributed by atoms with Crippen LogP contribution in [0.1, 0.15) is 19.8 Å². The number of nitrogens with zero attached hydrogens (tertiary/aromatic N) is 1. The Balaban J connectivity index is 2.56. The van der Waals surface area contributed by atoms with E-state index in [4.69, 9.17) is 5.73 Å². The predicted octanol–water partition coefficient (Wildman–Crippen LogP) is 1.02. The Kier molecular flexibility index (Phi) is 3.07. The summed E-state index contributed by atoms with van der Waals surface area (Å²) in [6.07, 6.45) is 1.63. The molecule has 1 heterocycles. The zero-order valence-corrected chi connectivity index (χ0v) is 8.02. The third-order valence-corrected chi connectivity index (χ3v) is 2.90. The molecular weight excluding hydrogens is 155 g/mol. The minimum atomic E-state index is -1.04. The fraction of sp³-hybridized carbons (Fsp3) is 1.00. The Morgan fingerprint density at radius 1 is 1.67 bits per heavy atom. The van der Waals surface area contributed by atoms with Gasteiger partial charge in [0.2, 0.25) is 0 Å². The molecule has 1 saturated heterocycles. The normalized spacial score (nSPS) is 35.0. The monoisotopic (exact) mass is 174 g/mol. The van der Waals surface area contributed by atoms with E-state index in [0.29, 0.717) is 19.5 Å². The number of halogens is 1. The first-order valence-electron chi connectivity index (χ1n) is 4.66. The summed E-state index contributed by atoms with van der Waals surface area (Å²) in [5.41, 5.74) is 4.44. The molecule has 0 aliphatic carbocycles. The lowest BCUT2D eigenvalue weighted by Crippen LogP contribution is -2.49. The van der Waals surface area contributed by atoms with Crippen LogP contribution in [0.2, 0.25) is 0 Å². The van der Waals surface area contributed by atoms with E-state index in [1.54, 1.807) is 0 Å². The highest BCUT2D eigenvalue weighted by atomic mass is 19.1. The first-order valence-corrected chi connectivity index (χ1v) is 4.66. The second-order valence-electron chi connectivity index (χ2n) is 4.01. The Bertz CT molecular complexity index is 151. The van der Waals surface area contributed by atoms with Gasteiger partial charge in [-0.05, 0) is 33.0 Å². The van der Waals surface area contributed by atoms with Gasteiger partial charge < -0.3 is 10.6 Å². The number of alkyl halides is 1. The first kappa shape index (κ1) is 9.93. The van der Waals surface area contributed by atoms with Gasteiger partial charge in [0, 0.05) is 12.5 Å². The van der Waals surface area contributed by atoms with Crippen LogP contribution in [0.5, 0.6) is 0 Å². The van der Waals surface area contributed by atoms with E-state index in [0.717, 1.165) is 13.0 Å². The topological polar surface area (TPSA) is 29.3 Å². The van der Waals surface area contributed by atoms with Crippen molar-refractivity contribution in [2.75, 3.05) is 26.7 Å². The number of likely N-dealkylation sites (tertiary alicyclic amines) is 1. The Labute approximate surface area is 73.9 Å². The molecule has 1 rings (SSSR count). The van der Waals surface area contributed by atoms with Crippen LogP contribution >= 0.6 is 0 Å². The Morgan fingerprint density at radius 3 is 2.83 bits per heavy atom. The molecule has 2 atom stereocenters. The molecule has 0 radical (unpaired) electrons. The molecule has 0 spiro atoms. The molecule has 2 N–H and O–H groups in total. The number of hydrogen-bond donors (Lipinski definition) is 1. The summed E-state index contributed by atoms with van der Waals surface area (Å²) in [5.74, 6) is -0.0137. The molecule has 72 valence electrons. The zero-order chi connectivity index (χ0) is 9.19. The largest absolute Gasteiger partial charge is 0.330 e. The molecule has 0 amide bonds. The Hall–Kier alpha value is -0.150. The van der Waals surface area contributed by atoms with E-state index < -0.39 is 5.67 Å². The van der Waals surface area contributed by atoms with Crippen LogP contribution in [0.25, 0.3) is 0 Å². The molecule has 0 aromatic heterocycles. The van der Waals surface area contributed by atoms with Gasteiger partial charge in [0.15, 0.2) is 0 Å². The van der Waals surface area contributed by atoms with Crippen LogP contribution < -0.4 is 5.73 Å². The molecule has 2 nitrogen and oxygen atoms in total. The Morgan fingerprint density at radius 2 is 2.33 bits per heavy atom. The van der Waals surface area contributed by atoms with Gasteiger partial charge >= 0.3 is 0 Å². The molecular formula is C9H19FN2. The molecule has 1 aliphatic rings. The molecule has 1 fully saturated rings. The van der Waals surface area contributed by atoms with E-state index in [1.807, 2.05) is 14.0 Å². The number of rotatable bonds is 2. The third-order valence-electron chi connectivity index (χ3n) is 2.90.